The zero-order valence-corrected chi connectivity index (χ0v) is 7.74. The standard InChI is InChI=1S/C8H15N3O/c1-6(4-9)11(3)8-10-5-7(2)12-8/h5-6H,4,9H2,1-3H3. The second-order valence-corrected chi connectivity index (χ2v) is 2.95. The Hall–Kier alpha value is -1.03. The van der Waals surface area contributed by atoms with Crippen LogP contribution in [0, 0.1) is 6.92 Å². The fourth-order valence-electron chi connectivity index (χ4n) is 0.853. The number of anilines is 1. The predicted octanol–water partition coefficient (Wildman–Crippen LogP) is 0.766. The zero-order valence-electron chi connectivity index (χ0n) is 7.74. The van der Waals surface area contributed by atoms with Gasteiger partial charge in [0.15, 0.2) is 0 Å². The van der Waals surface area contributed by atoms with Crippen LogP contribution in [-0.4, -0.2) is 24.6 Å². The van der Waals surface area contributed by atoms with Gasteiger partial charge in [0, 0.05) is 19.6 Å². The van der Waals surface area contributed by atoms with Gasteiger partial charge >= 0.3 is 0 Å². The molecule has 0 aliphatic rings. The van der Waals surface area contributed by atoms with Crippen molar-refractivity contribution in [2.75, 3.05) is 18.5 Å². The lowest BCUT2D eigenvalue weighted by atomic mass is 10.3. The number of nitrogens with zero attached hydrogens (tertiary/aromatic N) is 2. The Kier molecular flexibility index (Phi) is 2.70. The van der Waals surface area contributed by atoms with E-state index in [9.17, 15) is 0 Å². The Bertz CT molecular complexity index is 246. The second kappa shape index (κ2) is 3.58. The largest absolute Gasteiger partial charge is 0.429 e. The van der Waals surface area contributed by atoms with Gasteiger partial charge in [-0.2, -0.15) is 0 Å². The molecule has 0 fully saturated rings. The van der Waals surface area contributed by atoms with Crippen LogP contribution in [0.4, 0.5) is 6.01 Å². The van der Waals surface area contributed by atoms with E-state index in [1.54, 1.807) is 6.20 Å². The Balaban J connectivity index is 2.70. The van der Waals surface area contributed by atoms with E-state index in [0.29, 0.717) is 12.6 Å². The third-order valence-electron chi connectivity index (χ3n) is 1.91. The number of hydrogen-bond donors (Lipinski definition) is 1. The van der Waals surface area contributed by atoms with Crippen molar-refractivity contribution in [1.29, 1.82) is 0 Å². The average molecular weight is 169 g/mol. The summed E-state index contributed by atoms with van der Waals surface area (Å²) in [6, 6.07) is 0.883. The van der Waals surface area contributed by atoms with Crippen molar-refractivity contribution in [3.63, 3.8) is 0 Å². The maximum absolute atomic E-state index is 5.51. The van der Waals surface area contributed by atoms with Gasteiger partial charge in [-0.15, -0.1) is 0 Å². The van der Waals surface area contributed by atoms with Crippen LogP contribution in [0.1, 0.15) is 12.7 Å². The summed E-state index contributed by atoms with van der Waals surface area (Å²) in [6.07, 6.45) is 1.70. The van der Waals surface area contributed by atoms with Crippen molar-refractivity contribution in [1.82, 2.24) is 4.98 Å². The normalized spacial score (nSPS) is 13.0. The van der Waals surface area contributed by atoms with Crippen LogP contribution in [-0.2, 0) is 0 Å². The minimum atomic E-state index is 0.253. The highest BCUT2D eigenvalue weighted by Gasteiger charge is 2.12. The summed E-state index contributed by atoms with van der Waals surface area (Å²) in [5, 5.41) is 0. The Labute approximate surface area is 72.4 Å². The van der Waals surface area contributed by atoms with Crippen molar-refractivity contribution >= 4 is 6.01 Å². The van der Waals surface area contributed by atoms with E-state index >= 15 is 0 Å². The molecule has 0 spiro atoms. The Morgan fingerprint density at radius 2 is 2.42 bits per heavy atom. The molecule has 0 aliphatic carbocycles. The molecule has 1 aromatic rings. The molecule has 2 N–H and O–H groups in total. The summed E-state index contributed by atoms with van der Waals surface area (Å²) in [7, 11) is 1.92. The molecule has 0 radical (unpaired) electrons. The van der Waals surface area contributed by atoms with E-state index in [2.05, 4.69) is 4.98 Å². The van der Waals surface area contributed by atoms with Gasteiger partial charge in [-0.3, -0.25) is 0 Å². The molecule has 0 aliphatic heterocycles. The molecule has 68 valence electrons. The first-order chi connectivity index (χ1) is 5.65. The second-order valence-electron chi connectivity index (χ2n) is 2.95. The highest BCUT2D eigenvalue weighted by atomic mass is 16.4. The number of aromatic nitrogens is 1. The predicted molar refractivity (Wildman–Crippen MR) is 48.2 cm³/mol. The lowest BCUT2D eigenvalue weighted by molar-refractivity contribution is 0.501. The van der Waals surface area contributed by atoms with Crippen LogP contribution >= 0.6 is 0 Å². The van der Waals surface area contributed by atoms with Gasteiger partial charge < -0.3 is 15.1 Å². The number of oxazole rings is 1. The topological polar surface area (TPSA) is 55.3 Å². The van der Waals surface area contributed by atoms with Crippen molar-refractivity contribution in [3.8, 4) is 0 Å². The van der Waals surface area contributed by atoms with Crippen molar-refractivity contribution in [2.45, 2.75) is 19.9 Å². The summed E-state index contributed by atoms with van der Waals surface area (Å²) in [5.41, 5.74) is 5.51. The molecular formula is C8H15N3O. The van der Waals surface area contributed by atoms with Gasteiger partial charge in [0.2, 0.25) is 0 Å². The van der Waals surface area contributed by atoms with E-state index < -0.39 is 0 Å². The molecule has 0 saturated carbocycles. The fraction of sp³-hybridized carbons (Fsp3) is 0.625. The van der Waals surface area contributed by atoms with E-state index in [4.69, 9.17) is 10.2 Å². The number of hydrogen-bond acceptors (Lipinski definition) is 4. The van der Waals surface area contributed by atoms with E-state index in [-0.39, 0.29) is 6.04 Å². The summed E-state index contributed by atoms with van der Waals surface area (Å²) in [4.78, 5) is 6.01. The van der Waals surface area contributed by atoms with Crippen molar-refractivity contribution in [3.05, 3.63) is 12.0 Å². The lowest BCUT2D eigenvalue weighted by Gasteiger charge is -2.20. The highest BCUT2D eigenvalue weighted by Crippen LogP contribution is 2.13. The van der Waals surface area contributed by atoms with Crippen molar-refractivity contribution < 1.29 is 4.42 Å². The minimum Gasteiger partial charge on any atom is -0.429 e. The van der Waals surface area contributed by atoms with Gasteiger partial charge in [0.05, 0.1) is 6.20 Å². The smallest absolute Gasteiger partial charge is 0.297 e. The summed E-state index contributed by atoms with van der Waals surface area (Å²) in [6.45, 7) is 4.49. The Morgan fingerprint density at radius 1 is 1.75 bits per heavy atom. The van der Waals surface area contributed by atoms with Crippen LogP contribution in [0.5, 0.6) is 0 Å². The van der Waals surface area contributed by atoms with Crippen LogP contribution < -0.4 is 10.6 Å². The molecule has 0 bridgehead atoms. The summed E-state index contributed by atoms with van der Waals surface area (Å²) >= 11 is 0. The van der Waals surface area contributed by atoms with Gasteiger partial charge in [-0.25, -0.2) is 4.98 Å². The van der Waals surface area contributed by atoms with Crippen LogP contribution in [0.2, 0.25) is 0 Å². The molecule has 0 amide bonds. The highest BCUT2D eigenvalue weighted by molar-refractivity contribution is 5.26. The quantitative estimate of drug-likeness (QED) is 0.726. The Morgan fingerprint density at radius 3 is 2.83 bits per heavy atom. The molecule has 1 atom stereocenters. The van der Waals surface area contributed by atoms with Gasteiger partial charge in [0.1, 0.15) is 5.76 Å². The van der Waals surface area contributed by atoms with Gasteiger partial charge in [0.25, 0.3) is 6.01 Å². The van der Waals surface area contributed by atoms with Crippen LogP contribution in [0.3, 0.4) is 0 Å². The number of nitrogens with two attached hydrogens (primary N) is 1. The third kappa shape index (κ3) is 1.76. The van der Waals surface area contributed by atoms with Crippen molar-refractivity contribution in [2.24, 2.45) is 5.73 Å². The molecule has 4 nitrogen and oxygen atoms in total. The van der Waals surface area contributed by atoms with Gasteiger partial charge in [-0.1, -0.05) is 0 Å². The van der Waals surface area contributed by atoms with Gasteiger partial charge in [-0.05, 0) is 13.8 Å². The number of likely N-dealkylation sites (N-methyl/N-ethyl adjacent to an activating group) is 1. The molecule has 1 heterocycles. The van der Waals surface area contributed by atoms with E-state index in [1.807, 2.05) is 25.8 Å². The van der Waals surface area contributed by atoms with E-state index in [0.717, 1.165) is 5.76 Å². The van der Waals surface area contributed by atoms with E-state index in [1.165, 1.54) is 0 Å². The maximum atomic E-state index is 5.51. The monoisotopic (exact) mass is 169 g/mol. The molecule has 1 aromatic heterocycles. The first kappa shape index (κ1) is 9.06. The first-order valence-corrected chi connectivity index (χ1v) is 4.00. The zero-order chi connectivity index (χ0) is 9.14. The molecule has 0 saturated heterocycles. The molecule has 0 aromatic carbocycles. The molecule has 4 heteroatoms. The fourth-order valence-corrected chi connectivity index (χ4v) is 0.853. The summed E-state index contributed by atoms with van der Waals surface area (Å²) in [5.74, 6) is 0.820. The molecule has 1 rings (SSSR count). The lowest BCUT2D eigenvalue weighted by Crippen LogP contribution is -2.35. The third-order valence-corrected chi connectivity index (χ3v) is 1.91. The van der Waals surface area contributed by atoms with Crippen LogP contribution in [0.25, 0.3) is 0 Å². The van der Waals surface area contributed by atoms with Crippen LogP contribution in [0.15, 0.2) is 10.6 Å². The minimum absolute atomic E-state index is 0.253. The number of aryl methyl sites for hydroxylation is 1. The first-order valence-electron chi connectivity index (χ1n) is 4.00. The average Bonchev–Trinajstić information content (AvgIpc) is 2.49. The summed E-state index contributed by atoms with van der Waals surface area (Å²) < 4.78 is 5.33. The molecule has 1 unspecified atom stereocenters. The maximum Gasteiger partial charge on any atom is 0.297 e. The molecular weight excluding hydrogens is 154 g/mol. The molecule has 12 heavy (non-hydrogen) atoms. The number of rotatable bonds is 3. The SMILES string of the molecule is Cc1cnc(N(C)C(C)CN)o1.